The number of nitrogens with two attached hydrogens (primary N) is 1. The van der Waals surface area contributed by atoms with Crippen molar-refractivity contribution in [2.24, 2.45) is 12.9 Å². The summed E-state index contributed by atoms with van der Waals surface area (Å²) in [4.78, 5) is 0. The second-order valence-corrected chi connectivity index (χ2v) is 4.64. The summed E-state index contributed by atoms with van der Waals surface area (Å²) in [6.45, 7) is 0. The summed E-state index contributed by atoms with van der Waals surface area (Å²) in [6.07, 6.45) is 4.06. The molecule has 4 nitrogen and oxygen atoms in total. The maximum atomic E-state index is 13.6. The Morgan fingerprint density at radius 1 is 1.37 bits per heavy atom. The van der Waals surface area contributed by atoms with Crippen LogP contribution in [0.25, 0.3) is 0 Å². The highest BCUT2D eigenvalue weighted by Crippen LogP contribution is 2.12. The number of nitrogens with one attached hydrogen (secondary N) is 1. The van der Waals surface area contributed by atoms with E-state index in [1.807, 2.05) is 23.9 Å². The van der Waals surface area contributed by atoms with Crippen molar-refractivity contribution >= 4 is 0 Å². The summed E-state index contributed by atoms with van der Waals surface area (Å²) in [6, 6.07) is 8.84. The summed E-state index contributed by atoms with van der Waals surface area (Å²) < 4.78 is 15.4. The number of nitrogens with zero attached hydrogens (tertiary/aromatic N) is 2. The van der Waals surface area contributed by atoms with Crippen LogP contribution in [0.3, 0.4) is 0 Å². The van der Waals surface area contributed by atoms with Crippen LogP contribution in [0.15, 0.2) is 36.5 Å². The van der Waals surface area contributed by atoms with Crippen LogP contribution in [0.4, 0.5) is 4.39 Å². The van der Waals surface area contributed by atoms with E-state index < -0.39 is 0 Å². The number of hydrazine groups is 1. The van der Waals surface area contributed by atoms with Crippen LogP contribution < -0.4 is 11.3 Å². The van der Waals surface area contributed by atoms with Crippen molar-refractivity contribution in [2.75, 3.05) is 0 Å². The normalized spacial score (nSPS) is 12.6. The van der Waals surface area contributed by atoms with Crippen LogP contribution in [-0.4, -0.2) is 15.8 Å². The van der Waals surface area contributed by atoms with E-state index in [9.17, 15) is 4.39 Å². The van der Waals surface area contributed by atoms with Crippen LogP contribution in [0, 0.1) is 5.82 Å². The van der Waals surface area contributed by atoms with Gasteiger partial charge < -0.3 is 0 Å². The van der Waals surface area contributed by atoms with Gasteiger partial charge >= 0.3 is 0 Å². The molecular weight excluding hydrogens is 243 g/mol. The largest absolute Gasteiger partial charge is 0.273 e. The zero-order valence-electron chi connectivity index (χ0n) is 11.0. The van der Waals surface area contributed by atoms with Crippen molar-refractivity contribution in [1.82, 2.24) is 15.2 Å². The van der Waals surface area contributed by atoms with Crippen LogP contribution in [0.5, 0.6) is 0 Å². The molecule has 0 fully saturated rings. The molecule has 0 saturated heterocycles. The molecule has 0 saturated carbocycles. The molecule has 0 bridgehead atoms. The average Bonchev–Trinajstić information content (AvgIpc) is 2.82. The van der Waals surface area contributed by atoms with Crippen LogP contribution in [0.1, 0.15) is 17.7 Å². The summed E-state index contributed by atoms with van der Waals surface area (Å²) in [5.41, 5.74) is 4.60. The van der Waals surface area contributed by atoms with E-state index in [1.54, 1.807) is 18.3 Å². The van der Waals surface area contributed by atoms with Crippen molar-refractivity contribution in [3.05, 3.63) is 53.6 Å². The van der Waals surface area contributed by atoms with E-state index in [2.05, 4.69) is 10.5 Å². The monoisotopic (exact) mass is 262 g/mol. The van der Waals surface area contributed by atoms with Crippen LogP contribution in [0.2, 0.25) is 0 Å². The Morgan fingerprint density at radius 3 is 2.79 bits per heavy atom. The summed E-state index contributed by atoms with van der Waals surface area (Å²) in [5, 5.41) is 4.12. The molecule has 1 unspecified atom stereocenters. The van der Waals surface area contributed by atoms with Gasteiger partial charge in [-0.05, 0) is 37.0 Å². The molecule has 0 aliphatic carbocycles. The van der Waals surface area contributed by atoms with Gasteiger partial charge in [-0.2, -0.15) is 5.10 Å². The summed E-state index contributed by atoms with van der Waals surface area (Å²) >= 11 is 0. The third kappa shape index (κ3) is 3.62. The molecule has 0 spiro atoms. The lowest BCUT2D eigenvalue weighted by Crippen LogP contribution is -2.37. The van der Waals surface area contributed by atoms with Gasteiger partial charge in [-0.1, -0.05) is 18.2 Å². The highest BCUT2D eigenvalue weighted by molar-refractivity contribution is 5.18. The molecule has 0 amide bonds. The first-order valence-corrected chi connectivity index (χ1v) is 6.37. The SMILES string of the molecule is Cn1nccc1CCC(Cc1ccccc1F)NN. The third-order valence-electron chi connectivity index (χ3n) is 3.33. The van der Waals surface area contributed by atoms with Gasteiger partial charge in [-0.25, -0.2) is 4.39 Å². The second kappa shape index (κ2) is 6.45. The Labute approximate surface area is 112 Å². The van der Waals surface area contributed by atoms with Gasteiger partial charge in [0.05, 0.1) is 0 Å². The first-order valence-electron chi connectivity index (χ1n) is 6.37. The lowest BCUT2D eigenvalue weighted by atomic mass is 10.0. The molecule has 19 heavy (non-hydrogen) atoms. The lowest BCUT2D eigenvalue weighted by molar-refractivity contribution is 0.474. The highest BCUT2D eigenvalue weighted by Gasteiger charge is 2.11. The molecular formula is C14H19FN4. The van der Waals surface area contributed by atoms with Gasteiger partial charge in [0.25, 0.3) is 0 Å². The topological polar surface area (TPSA) is 55.9 Å². The maximum Gasteiger partial charge on any atom is 0.126 e. The molecule has 1 atom stereocenters. The number of hydrogen-bond donors (Lipinski definition) is 2. The Morgan fingerprint density at radius 2 is 2.16 bits per heavy atom. The fourth-order valence-electron chi connectivity index (χ4n) is 2.14. The Kier molecular flexibility index (Phi) is 4.65. The Hall–Kier alpha value is -1.72. The molecule has 1 aromatic carbocycles. The molecule has 2 aromatic rings. The van der Waals surface area contributed by atoms with Gasteiger partial charge in [0, 0.05) is 25.0 Å². The highest BCUT2D eigenvalue weighted by atomic mass is 19.1. The Balaban J connectivity index is 1.94. The Bertz CT molecular complexity index is 524. The first kappa shape index (κ1) is 13.7. The van der Waals surface area contributed by atoms with E-state index in [0.29, 0.717) is 12.0 Å². The fourth-order valence-corrected chi connectivity index (χ4v) is 2.14. The molecule has 5 heteroatoms. The number of aromatic nitrogens is 2. The summed E-state index contributed by atoms with van der Waals surface area (Å²) in [7, 11) is 1.91. The van der Waals surface area contributed by atoms with Gasteiger partial charge in [0.1, 0.15) is 5.82 Å². The zero-order chi connectivity index (χ0) is 13.7. The molecule has 0 aliphatic heterocycles. The minimum Gasteiger partial charge on any atom is -0.273 e. The van der Waals surface area contributed by atoms with Crippen molar-refractivity contribution in [1.29, 1.82) is 0 Å². The third-order valence-corrected chi connectivity index (χ3v) is 3.33. The quantitative estimate of drug-likeness (QED) is 0.613. The molecule has 2 rings (SSSR count). The molecule has 0 radical (unpaired) electrons. The second-order valence-electron chi connectivity index (χ2n) is 4.64. The van der Waals surface area contributed by atoms with Gasteiger partial charge in [0.2, 0.25) is 0 Å². The molecule has 1 heterocycles. The van der Waals surface area contributed by atoms with E-state index in [0.717, 1.165) is 18.5 Å². The van der Waals surface area contributed by atoms with Crippen molar-refractivity contribution in [3.8, 4) is 0 Å². The van der Waals surface area contributed by atoms with Gasteiger partial charge in [-0.3, -0.25) is 16.0 Å². The van der Waals surface area contributed by atoms with E-state index >= 15 is 0 Å². The minimum absolute atomic E-state index is 0.0480. The maximum absolute atomic E-state index is 13.6. The molecule has 0 aliphatic rings. The fraction of sp³-hybridized carbons (Fsp3) is 0.357. The van der Waals surface area contributed by atoms with Gasteiger partial charge in [0.15, 0.2) is 0 Å². The first-order chi connectivity index (χ1) is 9.20. The number of halogens is 1. The number of rotatable bonds is 6. The standard InChI is InChI=1S/C14H19FN4/c1-19-13(8-9-17-19)7-6-12(18-16)10-11-4-2-3-5-14(11)15/h2-5,8-9,12,18H,6-7,10,16H2,1H3. The van der Waals surface area contributed by atoms with Crippen molar-refractivity contribution in [2.45, 2.75) is 25.3 Å². The zero-order valence-corrected chi connectivity index (χ0v) is 11.0. The predicted molar refractivity (Wildman–Crippen MR) is 72.7 cm³/mol. The van der Waals surface area contributed by atoms with E-state index in [4.69, 9.17) is 5.84 Å². The van der Waals surface area contributed by atoms with Gasteiger partial charge in [-0.15, -0.1) is 0 Å². The molecule has 3 N–H and O–H groups in total. The van der Waals surface area contributed by atoms with Crippen LogP contribution in [-0.2, 0) is 19.9 Å². The van der Waals surface area contributed by atoms with E-state index in [-0.39, 0.29) is 11.9 Å². The predicted octanol–water partition coefficient (Wildman–Crippen LogP) is 1.57. The lowest BCUT2D eigenvalue weighted by Gasteiger charge is -2.16. The summed E-state index contributed by atoms with van der Waals surface area (Å²) in [5.74, 6) is 5.38. The number of hydrogen-bond acceptors (Lipinski definition) is 3. The minimum atomic E-state index is -0.178. The van der Waals surface area contributed by atoms with Crippen molar-refractivity contribution in [3.63, 3.8) is 0 Å². The molecule has 1 aromatic heterocycles. The smallest absolute Gasteiger partial charge is 0.126 e. The number of aryl methyl sites for hydroxylation is 2. The molecule has 102 valence electrons. The number of benzene rings is 1. The average molecular weight is 262 g/mol. The van der Waals surface area contributed by atoms with E-state index in [1.165, 1.54) is 6.07 Å². The van der Waals surface area contributed by atoms with Crippen LogP contribution >= 0.6 is 0 Å². The van der Waals surface area contributed by atoms with Crippen molar-refractivity contribution < 1.29 is 4.39 Å².